The minimum atomic E-state index is -1.94. The summed E-state index contributed by atoms with van der Waals surface area (Å²) in [6.07, 6.45) is 0.0658. The molecule has 0 spiro atoms. The zero-order chi connectivity index (χ0) is 88.0. The van der Waals surface area contributed by atoms with Gasteiger partial charge in [-0.2, -0.15) is 0 Å². The molecule has 3 rings (SSSR count). The zero-order valence-corrected chi connectivity index (χ0v) is 70.0. The summed E-state index contributed by atoms with van der Waals surface area (Å²) in [5, 5.41) is 46.6. The summed E-state index contributed by atoms with van der Waals surface area (Å²) in [6, 6.07) is -4.17. The predicted molar refractivity (Wildman–Crippen MR) is 423 cm³/mol. The second-order valence-electron chi connectivity index (χ2n) is 33.9. The minimum Gasteiger partial charge on any atom is -0.394 e. The number of aliphatic hydroxyl groups excluding tert-OH is 1. The van der Waals surface area contributed by atoms with Crippen LogP contribution in [-0.4, -0.2) is 222 Å². The number of nitrogens with one attached hydrogen (secondary N) is 15. The molecule has 38 heteroatoms. The number of H-pyrrole nitrogens is 1. The van der Waals surface area contributed by atoms with Crippen LogP contribution in [0.4, 0.5) is 0 Å². The summed E-state index contributed by atoms with van der Waals surface area (Å²) in [7, 11) is 0. The molecule has 22 N–H and O–H groups in total. The number of likely N-dealkylation sites (tertiary alicyclic amines) is 1. The van der Waals surface area contributed by atoms with Crippen molar-refractivity contribution in [2.75, 3.05) is 13.2 Å². The van der Waals surface area contributed by atoms with Gasteiger partial charge in [0.05, 0.1) is 6.61 Å². The van der Waals surface area contributed by atoms with Crippen molar-refractivity contribution in [1.29, 1.82) is 0 Å². The van der Waals surface area contributed by atoms with E-state index < -0.39 is 232 Å². The van der Waals surface area contributed by atoms with Gasteiger partial charge in [0.25, 0.3) is 0 Å². The van der Waals surface area contributed by atoms with Gasteiger partial charge < -0.3 is 107 Å². The molecule has 2 heterocycles. The number of carbonyl (C=O) groups excluding carboxylic acids is 18. The summed E-state index contributed by atoms with van der Waals surface area (Å²) in [5.74, 6) is -16.3. The molecule has 9 atom stereocenters. The number of benzene rings is 1. The largest absolute Gasteiger partial charge is 0.394 e. The molecule has 115 heavy (non-hydrogen) atoms. The van der Waals surface area contributed by atoms with E-state index in [2.05, 4.69) is 79.4 Å². The standard InChI is InChI=1S/C77H125N19O19/c1-39(2)34-50(88-67(111)73(11,12)93-68(112)75(15,16)91-63(107)52(83-43(8)98)36-44-37-81-46-25-22-21-24-45(44)46)60(104)89-57(41(5)6)65(109)85-49(29-32-56(80)101)61(105)90-74(13,14)69(113)95-76(17,18)70(114)94-72(9,10)66(110)87-48(28-31-55(79)100)59(103)86-51(35-40(3)4)62(106)92-77(19,20)71(115)96-33-23-26-53(96)64(108)84-47(27-30-54(78)99)58(102)82-42(7)38-97/h21-22,24-25,37,39-42,47-53,57,81,97H,23,26-36,38H2,1-20H3,(H2,78,99)(H2,79,100)(H2,80,101)(H,82,102)(H,83,98)(H,84,108)(H,85,109)(H,86,103)(H,87,110)(H,88,111)(H,89,104)(H,90,105)(H,91,107)(H,92,106)(H,93,112)(H,94,114)(H,95,113). The van der Waals surface area contributed by atoms with Gasteiger partial charge in [-0.05, 0) is 164 Å². The van der Waals surface area contributed by atoms with Crippen LogP contribution in [0, 0.1) is 17.8 Å². The molecular weight excluding hydrogens is 1490 g/mol. The lowest BCUT2D eigenvalue weighted by atomic mass is 9.95. The zero-order valence-electron chi connectivity index (χ0n) is 70.0. The highest BCUT2D eigenvalue weighted by Crippen LogP contribution is 2.25. The predicted octanol–water partition coefficient (Wildman–Crippen LogP) is -2.47. The Bertz CT molecular complexity index is 3920. The van der Waals surface area contributed by atoms with Crippen molar-refractivity contribution >= 4 is 117 Å². The van der Waals surface area contributed by atoms with Crippen molar-refractivity contribution in [3.63, 3.8) is 0 Å². The van der Waals surface area contributed by atoms with Crippen LogP contribution in [0.1, 0.15) is 208 Å². The Kier molecular flexibility index (Phi) is 35.9. The van der Waals surface area contributed by atoms with E-state index in [4.69, 9.17) is 17.2 Å². The summed E-state index contributed by atoms with van der Waals surface area (Å²) < 4.78 is 0. The second-order valence-corrected chi connectivity index (χ2v) is 33.9. The van der Waals surface area contributed by atoms with Crippen LogP contribution in [0.3, 0.4) is 0 Å². The monoisotopic (exact) mass is 1620 g/mol. The Balaban J connectivity index is 1.76. The Morgan fingerprint density at radius 2 is 0.835 bits per heavy atom. The van der Waals surface area contributed by atoms with Gasteiger partial charge in [0.2, 0.25) is 106 Å². The highest BCUT2D eigenvalue weighted by atomic mass is 16.3. The lowest BCUT2D eigenvalue weighted by Gasteiger charge is -2.36. The van der Waals surface area contributed by atoms with Gasteiger partial charge in [0, 0.05) is 62.3 Å². The Morgan fingerprint density at radius 3 is 1.29 bits per heavy atom. The maximum atomic E-state index is 14.3. The smallest absolute Gasteiger partial charge is 0.248 e. The maximum Gasteiger partial charge on any atom is 0.248 e. The molecule has 9 unspecified atom stereocenters. The Morgan fingerprint density at radius 1 is 0.452 bits per heavy atom. The summed E-state index contributed by atoms with van der Waals surface area (Å²) in [4.78, 5) is 250. The van der Waals surface area contributed by atoms with Crippen LogP contribution in [0.15, 0.2) is 30.5 Å². The topological polar surface area (TPSA) is 593 Å². The number of carbonyl (C=O) groups is 18. The van der Waals surface area contributed by atoms with Gasteiger partial charge in [0.15, 0.2) is 0 Å². The number of nitrogens with two attached hydrogens (primary N) is 3. The van der Waals surface area contributed by atoms with E-state index in [9.17, 15) is 91.4 Å². The molecule has 0 aliphatic carbocycles. The number of para-hydroxylation sites is 1. The van der Waals surface area contributed by atoms with Gasteiger partial charge in [-0.1, -0.05) is 59.7 Å². The number of aliphatic hydroxyl groups is 1. The SMILES string of the molecule is CC(=O)NC(Cc1c[nH]c2ccccc12)C(=O)NC(C)(C)C(=O)NC(C)(C)C(=O)NC(CC(C)C)C(=O)NC(C(=O)NC(CCC(N)=O)C(=O)NC(C)(C)C(=O)NC(C)(C)C(=O)NC(C)(C)C(=O)NC(CCC(N)=O)C(=O)NC(CC(C)C)C(=O)NC(C)(C)C(=O)N1CCCC1C(=O)NC(CCC(N)=O)C(=O)NC(C)CO)C(C)C. The molecule has 0 saturated carbocycles. The van der Waals surface area contributed by atoms with Crippen molar-refractivity contribution in [2.45, 2.75) is 297 Å². The maximum absolute atomic E-state index is 14.3. The number of fused-ring (bicyclic) bond motifs is 1. The third-order valence-electron chi connectivity index (χ3n) is 19.1. The van der Waals surface area contributed by atoms with E-state index in [1.165, 1.54) is 102 Å². The summed E-state index contributed by atoms with van der Waals surface area (Å²) in [6.45, 7) is 28.4. The third kappa shape index (κ3) is 30.5. The van der Waals surface area contributed by atoms with Crippen LogP contribution in [0.25, 0.3) is 10.9 Å². The molecule has 1 aromatic heterocycles. The molecule has 18 amide bonds. The Labute approximate surface area is 671 Å². The molecule has 1 aromatic carbocycles. The molecule has 1 fully saturated rings. The first-order valence-electron chi connectivity index (χ1n) is 38.5. The van der Waals surface area contributed by atoms with Crippen LogP contribution in [0.5, 0.6) is 0 Å². The van der Waals surface area contributed by atoms with E-state index in [0.29, 0.717) is 6.42 Å². The summed E-state index contributed by atoms with van der Waals surface area (Å²) in [5.41, 5.74) is 6.88. The highest BCUT2D eigenvalue weighted by molar-refractivity contribution is 6.03. The average Bonchev–Trinajstić information content (AvgIpc) is 1.55. The van der Waals surface area contributed by atoms with Crippen molar-refractivity contribution in [2.24, 2.45) is 35.0 Å². The molecule has 2 aromatic rings. The molecule has 38 nitrogen and oxygen atoms in total. The van der Waals surface area contributed by atoms with Crippen molar-refractivity contribution in [3.8, 4) is 0 Å². The van der Waals surface area contributed by atoms with E-state index >= 15 is 0 Å². The first kappa shape index (κ1) is 98.4. The highest BCUT2D eigenvalue weighted by Gasteiger charge is 2.47. The second kappa shape index (κ2) is 42.0. The quantitative estimate of drug-likeness (QED) is 0.0327. The number of hydrogen-bond acceptors (Lipinski definition) is 19. The van der Waals surface area contributed by atoms with Gasteiger partial charge in [-0.3, -0.25) is 86.3 Å². The van der Waals surface area contributed by atoms with Crippen molar-refractivity contribution in [3.05, 3.63) is 36.0 Å². The molecule has 1 saturated heterocycles. The van der Waals surface area contributed by atoms with Gasteiger partial charge >= 0.3 is 0 Å². The van der Waals surface area contributed by atoms with Crippen LogP contribution in [-0.2, 0) is 92.7 Å². The molecule has 0 bridgehead atoms. The van der Waals surface area contributed by atoms with Crippen molar-refractivity contribution < 1.29 is 91.4 Å². The number of aromatic amines is 1. The van der Waals surface area contributed by atoms with E-state index in [0.717, 1.165) is 16.5 Å². The lowest BCUT2D eigenvalue weighted by molar-refractivity contribution is -0.145. The van der Waals surface area contributed by atoms with Crippen LogP contribution in [0.2, 0.25) is 0 Å². The Hall–Kier alpha value is -10.8. The first-order valence-corrected chi connectivity index (χ1v) is 38.5. The number of hydrogen-bond donors (Lipinski definition) is 19. The molecule has 1 aliphatic heterocycles. The fourth-order valence-corrected chi connectivity index (χ4v) is 12.2. The number of primary amides is 3. The third-order valence-corrected chi connectivity index (χ3v) is 19.1. The van der Waals surface area contributed by atoms with E-state index in [-0.39, 0.29) is 56.9 Å². The fourth-order valence-electron chi connectivity index (χ4n) is 12.2. The van der Waals surface area contributed by atoms with Gasteiger partial charge in [0.1, 0.15) is 81.6 Å². The lowest BCUT2D eigenvalue weighted by Crippen LogP contribution is -2.67. The van der Waals surface area contributed by atoms with E-state index in [1.807, 2.05) is 24.3 Å². The van der Waals surface area contributed by atoms with Gasteiger partial charge in [-0.15, -0.1) is 0 Å². The number of nitrogens with zero attached hydrogens (tertiary/aromatic N) is 1. The minimum absolute atomic E-state index is 0.0159. The molecule has 1 aliphatic rings. The number of amides is 18. The van der Waals surface area contributed by atoms with Crippen LogP contribution >= 0.6 is 0 Å². The molecular formula is C77H125N19O19. The van der Waals surface area contributed by atoms with Crippen LogP contribution < -0.4 is 91.6 Å². The molecule has 0 radical (unpaired) electrons. The molecule has 642 valence electrons. The van der Waals surface area contributed by atoms with E-state index in [1.54, 1.807) is 47.7 Å². The number of aromatic nitrogens is 1. The first-order chi connectivity index (χ1) is 52.9. The fraction of sp³-hybridized carbons (Fsp3) is 0.662. The number of rotatable bonds is 45. The normalized spacial score (nSPS) is 15.5. The summed E-state index contributed by atoms with van der Waals surface area (Å²) >= 11 is 0. The van der Waals surface area contributed by atoms with Gasteiger partial charge in [-0.25, -0.2) is 0 Å². The average molecular weight is 1620 g/mol. The van der Waals surface area contributed by atoms with Crippen molar-refractivity contribution in [1.82, 2.24) is 84.3 Å².